The van der Waals surface area contributed by atoms with Crippen LogP contribution in [0.1, 0.15) is 12.0 Å². The van der Waals surface area contributed by atoms with Crippen molar-refractivity contribution in [3.8, 4) is 11.8 Å². The monoisotopic (exact) mass is 215 g/mol. The number of nitrogens with zero attached hydrogens (tertiary/aromatic N) is 1. The first-order valence-electron chi connectivity index (χ1n) is 4.23. The second-order valence-electron chi connectivity index (χ2n) is 2.85. The third-order valence-electron chi connectivity index (χ3n) is 1.66. The third kappa shape index (κ3) is 4.36. The van der Waals surface area contributed by atoms with Crippen molar-refractivity contribution in [2.24, 2.45) is 0 Å². The molecule has 0 N–H and O–H groups in total. The number of ether oxygens (including phenoxy) is 1. The minimum absolute atomic E-state index is 0.252. The molecule has 0 aromatic heterocycles. The topological polar surface area (TPSA) is 33.0 Å². The van der Waals surface area contributed by atoms with Gasteiger partial charge in [0.2, 0.25) is 0 Å². The summed E-state index contributed by atoms with van der Waals surface area (Å²) < 4.78 is 39.3. The zero-order chi connectivity index (χ0) is 11.3. The molecule has 1 rings (SSSR count). The summed E-state index contributed by atoms with van der Waals surface area (Å²) in [6.45, 7) is 0. The Morgan fingerprint density at radius 3 is 2.67 bits per heavy atom. The Morgan fingerprint density at radius 1 is 1.33 bits per heavy atom. The maximum atomic E-state index is 11.9. The largest absolute Gasteiger partial charge is 0.573 e. The lowest BCUT2D eigenvalue weighted by atomic mass is 10.1. The predicted molar refractivity (Wildman–Crippen MR) is 47.1 cm³/mol. The fraction of sp³-hybridized carbons (Fsp3) is 0.300. The molecule has 0 aliphatic rings. The molecular formula is C10H8F3NO. The van der Waals surface area contributed by atoms with Crippen LogP contribution in [0.2, 0.25) is 0 Å². The van der Waals surface area contributed by atoms with Crippen molar-refractivity contribution in [1.82, 2.24) is 0 Å². The number of rotatable bonds is 3. The number of aryl methyl sites for hydroxylation is 1. The highest BCUT2D eigenvalue weighted by atomic mass is 19.4. The molecule has 0 spiro atoms. The minimum atomic E-state index is -4.67. The molecule has 0 fully saturated rings. The summed E-state index contributed by atoms with van der Waals surface area (Å²) in [7, 11) is 0. The Bertz CT molecular complexity index is 368. The van der Waals surface area contributed by atoms with Crippen molar-refractivity contribution in [1.29, 1.82) is 5.26 Å². The molecule has 0 saturated heterocycles. The van der Waals surface area contributed by atoms with Crippen LogP contribution in [-0.2, 0) is 6.42 Å². The van der Waals surface area contributed by atoms with Gasteiger partial charge in [0.05, 0.1) is 6.07 Å². The lowest BCUT2D eigenvalue weighted by Crippen LogP contribution is -2.17. The van der Waals surface area contributed by atoms with Crippen molar-refractivity contribution in [3.63, 3.8) is 0 Å². The summed E-state index contributed by atoms with van der Waals surface area (Å²) in [5.41, 5.74) is 0.651. The second kappa shape index (κ2) is 4.69. The highest BCUT2D eigenvalue weighted by molar-refractivity contribution is 5.28. The van der Waals surface area contributed by atoms with Crippen LogP contribution in [0.4, 0.5) is 13.2 Å². The first-order valence-corrected chi connectivity index (χ1v) is 4.23. The Hall–Kier alpha value is -1.70. The van der Waals surface area contributed by atoms with Gasteiger partial charge in [-0.05, 0) is 24.1 Å². The van der Waals surface area contributed by atoms with E-state index >= 15 is 0 Å². The normalized spacial score (nSPS) is 10.8. The van der Waals surface area contributed by atoms with Crippen molar-refractivity contribution >= 4 is 0 Å². The molecule has 80 valence electrons. The Morgan fingerprint density at radius 2 is 2.07 bits per heavy atom. The fourth-order valence-corrected chi connectivity index (χ4v) is 1.10. The molecule has 0 heterocycles. The van der Waals surface area contributed by atoms with Gasteiger partial charge in [-0.3, -0.25) is 0 Å². The molecule has 15 heavy (non-hydrogen) atoms. The van der Waals surface area contributed by atoms with Crippen LogP contribution in [0.15, 0.2) is 24.3 Å². The number of hydrogen-bond donors (Lipinski definition) is 0. The van der Waals surface area contributed by atoms with E-state index in [9.17, 15) is 13.2 Å². The van der Waals surface area contributed by atoms with Crippen LogP contribution in [0.3, 0.4) is 0 Å². The molecule has 1 aromatic rings. The fourth-order valence-electron chi connectivity index (χ4n) is 1.10. The Kier molecular flexibility index (Phi) is 3.56. The van der Waals surface area contributed by atoms with Crippen LogP contribution in [-0.4, -0.2) is 6.36 Å². The highest BCUT2D eigenvalue weighted by Crippen LogP contribution is 2.23. The zero-order valence-electron chi connectivity index (χ0n) is 7.71. The van der Waals surface area contributed by atoms with Gasteiger partial charge in [-0.15, -0.1) is 13.2 Å². The van der Waals surface area contributed by atoms with Gasteiger partial charge >= 0.3 is 6.36 Å². The lowest BCUT2D eigenvalue weighted by molar-refractivity contribution is -0.274. The van der Waals surface area contributed by atoms with Crippen molar-refractivity contribution in [3.05, 3.63) is 29.8 Å². The van der Waals surface area contributed by atoms with Gasteiger partial charge in [0, 0.05) is 6.42 Å². The summed E-state index contributed by atoms with van der Waals surface area (Å²) in [4.78, 5) is 0. The van der Waals surface area contributed by atoms with Crippen molar-refractivity contribution in [2.75, 3.05) is 0 Å². The van der Waals surface area contributed by atoms with Crippen molar-refractivity contribution < 1.29 is 17.9 Å². The highest BCUT2D eigenvalue weighted by Gasteiger charge is 2.30. The quantitative estimate of drug-likeness (QED) is 0.776. The molecule has 0 radical (unpaired) electrons. The smallest absolute Gasteiger partial charge is 0.406 e. The minimum Gasteiger partial charge on any atom is -0.406 e. The molecule has 0 unspecified atom stereocenters. The van der Waals surface area contributed by atoms with E-state index in [0.29, 0.717) is 12.0 Å². The molecule has 2 nitrogen and oxygen atoms in total. The molecule has 0 saturated carbocycles. The van der Waals surface area contributed by atoms with E-state index in [0.717, 1.165) is 0 Å². The summed E-state index contributed by atoms with van der Waals surface area (Å²) in [6.07, 6.45) is -3.98. The number of alkyl halides is 3. The van der Waals surface area contributed by atoms with Gasteiger partial charge in [-0.2, -0.15) is 5.26 Å². The maximum absolute atomic E-state index is 11.9. The summed E-state index contributed by atoms with van der Waals surface area (Å²) >= 11 is 0. The molecular weight excluding hydrogens is 207 g/mol. The van der Waals surface area contributed by atoms with E-state index in [1.807, 2.05) is 6.07 Å². The van der Waals surface area contributed by atoms with Gasteiger partial charge in [0.1, 0.15) is 5.75 Å². The van der Waals surface area contributed by atoms with E-state index in [-0.39, 0.29) is 12.2 Å². The average Bonchev–Trinajstić information content (AvgIpc) is 2.12. The SMILES string of the molecule is N#CCCc1cccc(OC(F)(F)F)c1. The first kappa shape index (κ1) is 11.4. The molecule has 0 amide bonds. The molecule has 1 aromatic carbocycles. The van der Waals surface area contributed by atoms with Gasteiger partial charge < -0.3 is 4.74 Å². The second-order valence-corrected chi connectivity index (χ2v) is 2.85. The van der Waals surface area contributed by atoms with Gasteiger partial charge in [0.15, 0.2) is 0 Å². The predicted octanol–water partition coefficient (Wildman–Crippen LogP) is 3.04. The summed E-state index contributed by atoms with van der Waals surface area (Å²) in [6, 6.07) is 7.55. The summed E-state index contributed by atoms with van der Waals surface area (Å²) in [5.74, 6) is -0.252. The number of hydrogen-bond acceptors (Lipinski definition) is 2. The molecule has 0 bridgehead atoms. The number of halogens is 3. The van der Waals surface area contributed by atoms with Gasteiger partial charge in [-0.1, -0.05) is 12.1 Å². The lowest BCUT2D eigenvalue weighted by Gasteiger charge is -2.09. The number of benzene rings is 1. The van der Waals surface area contributed by atoms with E-state index in [2.05, 4.69) is 4.74 Å². The van der Waals surface area contributed by atoms with E-state index in [4.69, 9.17) is 5.26 Å². The molecule has 0 atom stereocenters. The average molecular weight is 215 g/mol. The van der Waals surface area contributed by atoms with Crippen LogP contribution >= 0.6 is 0 Å². The van der Waals surface area contributed by atoms with Gasteiger partial charge in [-0.25, -0.2) is 0 Å². The molecule has 0 aliphatic heterocycles. The van der Waals surface area contributed by atoms with Crippen LogP contribution < -0.4 is 4.74 Å². The Balaban J connectivity index is 2.71. The third-order valence-corrected chi connectivity index (χ3v) is 1.66. The van der Waals surface area contributed by atoms with Crippen LogP contribution in [0.25, 0.3) is 0 Å². The molecule has 5 heteroatoms. The first-order chi connectivity index (χ1) is 7.01. The molecule has 0 aliphatic carbocycles. The zero-order valence-corrected chi connectivity index (χ0v) is 7.71. The maximum Gasteiger partial charge on any atom is 0.573 e. The van der Waals surface area contributed by atoms with E-state index in [1.165, 1.54) is 18.2 Å². The van der Waals surface area contributed by atoms with Crippen LogP contribution in [0.5, 0.6) is 5.75 Å². The number of nitriles is 1. The standard InChI is InChI=1S/C10H8F3NO/c11-10(12,13)15-9-5-1-3-8(7-9)4-2-6-14/h1,3,5,7H,2,4H2. The van der Waals surface area contributed by atoms with E-state index < -0.39 is 6.36 Å². The van der Waals surface area contributed by atoms with E-state index in [1.54, 1.807) is 6.07 Å². The van der Waals surface area contributed by atoms with Gasteiger partial charge in [0.25, 0.3) is 0 Å². The van der Waals surface area contributed by atoms with Crippen LogP contribution in [0, 0.1) is 11.3 Å². The summed E-state index contributed by atoms with van der Waals surface area (Å²) in [5, 5.41) is 8.32. The van der Waals surface area contributed by atoms with Crippen molar-refractivity contribution in [2.45, 2.75) is 19.2 Å². The Labute approximate surface area is 84.9 Å².